The predicted molar refractivity (Wildman–Crippen MR) is 83.2 cm³/mol. The minimum absolute atomic E-state index is 0.0448. The highest BCUT2D eigenvalue weighted by Crippen LogP contribution is 2.25. The number of carbonyl (C=O) groups excluding carboxylic acids is 1. The molecule has 0 saturated heterocycles. The van der Waals surface area contributed by atoms with Crippen LogP contribution in [0.25, 0.3) is 0 Å². The summed E-state index contributed by atoms with van der Waals surface area (Å²) in [5, 5.41) is 11.2. The Morgan fingerprint density at radius 1 is 1.05 bits per heavy atom. The number of carbonyl (C=O) groups is 2. The number of benzene rings is 2. The Hall–Kier alpha value is -2.82. The fraction of sp³-hybridized carbons (Fsp3) is 0.176. The first-order chi connectivity index (χ1) is 10.5. The van der Waals surface area contributed by atoms with Crippen molar-refractivity contribution in [3.63, 3.8) is 0 Å². The van der Waals surface area contributed by atoms with E-state index in [4.69, 9.17) is 9.84 Å². The second-order valence-electron chi connectivity index (χ2n) is 4.83. The fourth-order valence-corrected chi connectivity index (χ4v) is 1.85. The highest BCUT2D eigenvalue weighted by Gasteiger charge is 2.06. The summed E-state index contributed by atoms with van der Waals surface area (Å²) in [6, 6.07) is 14.6. The molecule has 5 nitrogen and oxygen atoms in total. The molecular formula is C17H17NO4. The Morgan fingerprint density at radius 2 is 1.73 bits per heavy atom. The molecule has 0 unspecified atom stereocenters. The summed E-state index contributed by atoms with van der Waals surface area (Å²) in [4.78, 5) is 21.9. The fourth-order valence-electron chi connectivity index (χ4n) is 1.85. The van der Waals surface area contributed by atoms with Crippen molar-refractivity contribution >= 4 is 17.6 Å². The van der Waals surface area contributed by atoms with Crippen LogP contribution in [-0.2, 0) is 9.59 Å². The van der Waals surface area contributed by atoms with E-state index < -0.39 is 5.97 Å². The average Bonchev–Trinajstić information content (AvgIpc) is 2.49. The number of rotatable bonds is 6. The summed E-state index contributed by atoms with van der Waals surface area (Å²) in [6.07, 6.45) is -0.225. The summed E-state index contributed by atoms with van der Waals surface area (Å²) >= 11 is 0. The van der Waals surface area contributed by atoms with Crippen LogP contribution in [0.5, 0.6) is 11.5 Å². The topological polar surface area (TPSA) is 75.6 Å². The van der Waals surface area contributed by atoms with Crippen LogP contribution in [0, 0.1) is 6.92 Å². The Labute approximate surface area is 128 Å². The van der Waals surface area contributed by atoms with Gasteiger partial charge >= 0.3 is 5.97 Å². The van der Waals surface area contributed by atoms with E-state index in [1.807, 2.05) is 31.2 Å². The van der Waals surface area contributed by atoms with Crippen LogP contribution in [0.1, 0.15) is 18.4 Å². The molecule has 0 saturated carbocycles. The van der Waals surface area contributed by atoms with Crippen molar-refractivity contribution in [3.05, 3.63) is 54.1 Å². The number of para-hydroxylation sites is 1. The van der Waals surface area contributed by atoms with Gasteiger partial charge in [0.1, 0.15) is 11.5 Å². The number of ether oxygens (including phenoxy) is 1. The van der Waals surface area contributed by atoms with Gasteiger partial charge in [-0.3, -0.25) is 9.59 Å². The van der Waals surface area contributed by atoms with E-state index in [1.54, 1.807) is 24.3 Å². The van der Waals surface area contributed by atoms with Gasteiger partial charge in [0.05, 0.1) is 6.42 Å². The Bertz CT molecular complexity index is 665. The predicted octanol–water partition coefficient (Wildman–Crippen LogP) is 3.59. The molecule has 22 heavy (non-hydrogen) atoms. The number of hydrogen-bond acceptors (Lipinski definition) is 3. The number of aliphatic carboxylic acids is 1. The third-order valence-corrected chi connectivity index (χ3v) is 3.03. The standard InChI is InChI=1S/C17H17NO4/c1-12-4-2-3-5-15(12)22-14-8-6-13(7-9-14)18-16(19)10-11-17(20)21/h2-9H,10-11H2,1H3,(H,18,19)(H,20,21). The average molecular weight is 299 g/mol. The van der Waals surface area contributed by atoms with Gasteiger partial charge in [0.2, 0.25) is 5.91 Å². The van der Waals surface area contributed by atoms with Gasteiger partial charge < -0.3 is 15.2 Å². The lowest BCUT2D eigenvalue weighted by Crippen LogP contribution is -2.12. The van der Waals surface area contributed by atoms with Crippen LogP contribution in [0.4, 0.5) is 5.69 Å². The lowest BCUT2D eigenvalue weighted by atomic mass is 10.2. The SMILES string of the molecule is Cc1ccccc1Oc1ccc(NC(=O)CCC(=O)O)cc1. The Kier molecular flexibility index (Phi) is 5.14. The molecular weight excluding hydrogens is 282 g/mol. The molecule has 114 valence electrons. The van der Waals surface area contributed by atoms with Crippen molar-refractivity contribution in [1.82, 2.24) is 0 Å². The van der Waals surface area contributed by atoms with Gasteiger partial charge in [-0.15, -0.1) is 0 Å². The van der Waals surface area contributed by atoms with E-state index in [2.05, 4.69) is 5.32 Å². The molecule has 5 heteroatoms. The van der Waals surface area contributed by atoms with Crippen LogP contribution in [-0.4, -0.2) is 17.0 Å². The number of nitrogens with one attached hydrogen (secondary N) is 1. The van der Waals surface area contributed by atoms with Gasteiger partial charge in [0, 0.05) is 12.1 Å². The summed E-state index contributed by atoms with van der Waals surface area (Å²) in [5.41, 5.74) is 1.64. The van der Waals surface area contributed by atoms with E-state index in [9.17, 15) is 9.59 Å². The molecule has 2 N–H and O–H groups in total. The molecule has 2 aromatic rings. The van der Waals surface area contributed by atoms with Crippen LogP contribution >= 0.6 is 0 Å². The van der Waals surface area contributed by atoms with Crippen molar-refractivity contribution in [1.29, 1.82) is 0 Å². The van der Waals surface area contributed by atoms with Gasteiger partial charge in [-0.25, -0.2) is 0 Å². The van der Waals surface area contributed by atoms with Gasteiger partial charge in [0.25, 0.3) is 0 Å². The first-order valence-corrected chi connectivity index (χ1v) is 6.90. The third kappa shape index (κ3) is 4.63. The summed E-state index contributed by atoms with van der Waals surface area (Å²) in [6.45, 7) is 1.96. The minimum atomic E-state index is -0.989. The van der Waals surface area contributed by atoms with E-state index in [0.717, 1.165) is 11.3 Å². The van der Waals surface area contributed by atoms with Crippen molar-refractivity contribution in [3.8, 4) is 11.5 Å². The number of aryl methyl sites for hydroxylation is 1. The molecule has 2 rings (SSSR count). The molecule has 0 aliphatic rings. The normalized spacial score (nSPS) is 10.0. The molecule has 2 aromatic carbocycles. The Morgan fingerprint density at radius 3 is 2.36 bits per heavy atom. The lowest BCUT2D eigenvalue weighted by molar-refractivity contribution is -0.138. The number of hydrogen-bond donors (Lipinski definition) is 2. The highest BCUT2D eigenvalue weighted by molar-refractivity contribution is 5.92. The maximum atomic E-state index is 11.5. The first-order valence-electron chi connectivity index (χ1n) is 6.90. The van der Waals surface area contributed by atoms with Crippen molar-refractivity contribution in [2.24, 2.45) is 0 Å². The minimum Gasteiger partial charge on any atom is -0.481 e. The van der Waals surface area contributed by atoms with Gasteiger partial charge in [-0.1, -0.05) is 18.2 Å². The zero-order chi connectivity index (χ0) is 15.9. The van der Waals surface area contributed by atoms with Gasteiger partial charge in [0.15, 0.2) is 0 Å². The zero-order valence-electron chi connectivity index (χ0n) is 12.2. The lowest BCUT2D eigenvalue weighted by Gasteiger charge is -2.09. The van der Waals surface area contributed by atoms with Crippen molar-refractivity contribution < 1.29 is 19.4 Å². The van der Waals surface area contributed by atoms with Crippen molar-refractivity contribution in [2.45, 2.75) is 19.8 Å². The van der Waals surface area contributed by atoms with E-state index >= 15 is 0 Å². The first kappa shape index (κ1) is 15.6. The second-order valence-corrected chi connectivity index (χ2v) is 4.83. The maximum Gasteiger partial charge on any atom is 0.303 e. The monoisotopic (exact) mass is 299 g/mol. The van der Waals surface area contributed by atoms with E-state index in [1.165, 1.54) is 0 Å². The molecule has 0 spiro atoms. The van der Waals surface area contributed by atoms with Crippen LogP contribution in [0.15, 0.2) is 48.5 Å². The molecule has 0 fully saturated rings. The molecule has 0 heterocycles. The molecule has 0 radical (unpaired) electrons. The van der Waals surface area contributed by atoms with Crippen LogP contribution < -0.4 is 10.1 Å². The molecule has 0 aliphatic carbocycles. The molecule has 0 atom stereocenters. The van der Waals surface area contributed by atoms with Crippen LogP contribution in [0.2, 0.25) is 0 Å². The van der Waals surface area contributed by atoms with Crippen molar-refractivity contribution in [2.75, 3.05) is 5.32 Å². The molecule has 0 aliphatic heterocycles. The second kappa shape index (κ2) is 7.26. The number of carboxylic acids is 1. The largest absolute Gasteiger partial charge is 0.481 e. The third-order valence-electron chi connectivity index (χ3n) is 3.03. The van der Waals surface area contributed by atoms with Crippen LogP contribution in [0.3, 0.4) is 0 Å². The quantitative estimate of drug-likeness (QED) is 0.854. The van der Waals surface area contributed by atoms with E-state index in [0.29, 0.717) is 11.4 Å². The highest BCUT2D eigenvalue weighted by atomic mass is 16.5. The molecule has 0 aromatic heterocycles. The number of anilines is 1. The molecule has 1 amide bonds. The maximum absolute atomic E-state index is 11.5. The summed E-state index contributed by atoms with van der Waals surface area (Å²) in [7, 11) is 0. The number of carboxylic acid groups (broad SMARTS) is 1. The molecule has 0 bridgehead atoms. The summed E-state index contributed by atoms with van der Waals surface area (Å²) in [5.74, 6) is 0.130. The van der Waals surface area contributed by atoms with Gasteiger partial charge in [-0.2, -0.15) is 0 Å². The van der Waals surface area contributed by atoms with E-state index in [-0.39, 0.29) is 18.7 Å². The zero-order valence-corrected chi connectivity index (χ0v) is 12.2. The Balaban J connectivity index is 1.94. The van der Waals surface area contributed by atoms with Gasteiger partial charge in [-0.05, 0) is 42.8 Å². The smallest absolute Gasteiger partial charge is 0.303 e. The summed E-state index contributed by atoms with van der Waals surface area (Å²) < 4.78 is 5.76. The number of amides is 1.